The summed E-state index contributed by atoms with van der Waals surface area (Å²) >= 11 is 5.87. The SMILES string of the molecule is COc1ccc(CNC(=O)NC2CCN(C(=O)c3ccc(Cl)cc3)CC2)cc1. The molecule has 148 valence electrons. The normalized spacial score (nSPS) is 14.4. The molecule has 1 fully saturated rings. The fourth-order valence-electron chi connectivity index (χ4n) is 3.16. The molecule has 1 aliphatic heterocycles. The quantitative estimate of drug-likeness (QED) is 0.806. The third kappa shape index (κ3) is 5.39. The molecule has 28 heavy (non-hydrogen) atoms. The van der Waals surface area contributed by atoms with E-state index in [4.69, 9.17) is 16.3 Å². The van der Waals surface area contributed by atoms with Crippen LogP contribution in [0.15, 0.2) is 48.5 Å². The zero-order valence-corrected chi connectivity index (χ0v) is 16.5. The van der Waals surface area contributed by atoms with Gasteiger partial charge in [0.25, 0.3) is 5.91 Å². The summed E-state index contributed by atoms with van der Waals surface area (Å²) < 4.78 is 5.12. The summed E-state index contributed by atoms with van der Waals surface area (Å²) in [6.45, 7) is 1.68. The number of piperidine rings is 1. The van der Waals surface area contributed by atoms with E-state index < -0.39 is 0 Å². The van der Waals surface area contributed by atoms with E-state index in [1.54, 1.807) is 31.4 Å². The van der Waals surface area contributed by atoms with E-state index in [0.29, 0.717) is 30.2 Å². The molecule has 0 aromatic heterocycles. The molecule has 2 aromatic rings. The lowest BCUT2D eigenvalue weighted by molar-refractivity contribution is 0.0708. The monoisotopic (exact) mass is 401 g/mol. The molecule has 7 heteroatoms. The summed E-state index contributed by atoms with van der Waals surface area (Å²) in [6, 6.07) is 14.3. The average Bonchev–Trinajstić information content (AvgIpc) is 2.73. The first kappa shape index (κ1) is 20.0. The number of urea groups is 1. The number of benzene rings is 2. The van der Waals surface area contributed by atoms with E-state index in [-0.39, 0.29) is 18.0 Å². The average molecular weight is 402 g/mol. The van der Waals surface area contributed by atoms with E-state index in [0.717, 1.165) is 24.2 Å². The van der Waals surface area contributed by atoms with Crippen molar-refractivity contribution in [3.8, 4) is 5.75 Å². The number of carbonyl (C=O) groups is 2. The topological polar surface area (TPSA) is 70.7 Å². The number of nitrogens with zero attached hydrogens (tertiary/aromatic N) is 1. The van der Waals surface area contributed by atoms with Gasteiger partial charge in [0.1, 0.15) is 5.75 Å². The highest BCUT2D eigenvalue weighted by molar-refractivity contribution is 6.30. The molecule has 0 bridgehead atoms. The van der Waals surface area contributed by atoms with Crippen LogP contribution in [0.4, 0.5) is 4.79 Å². The van der Waals surface area contributed by atoms with Crippen LogP contribution in [0.3, 0.4) is 0 Å². The van der Waals surface area contributed by atoms with Crippen molar-refractivity contribution in [3.63, 3.8) is 0 Å². The lowest BCUT2D eigenvalue weighted by Crippen LogP contribution is -2.49. The predicted molar refractivity (Wildman–Crippen MR) is 109 cm³/mol. The molecule has 0 radical (unpaired) electrons. The van der Waals surface area contributed by atoms with Crippen LogP contribution < -0.4 is 15.4 Å². The molecule has 0 saturated carbocycles. The van der Waals surface area contributed by atoms with Crippen molar-refractivity contribution in [1.82, 2.24) is 15.5 Å². The molecule has 0 aliphatic carbocycles. The van der Waals surface area contributed by atoms with E-state index >= 15 is 0 Å². The minimum atomic E-state index is -0.196. The van der Waals surface area contributed by atoms with Crippen molar-refractivity contribution in [2.45, 2.75) is 25.4 Å². The molecular weight excluding hydrogens is 378 g/mol. The number of carbonyl (C=O) groups excluding carboxylic acids is 2. The van der Waals surface area contributed by atoms with Gasteiger partial charge in [-0.05, 0) is 54.8 Å². The highest BCUT2D eigenvalue weighted by Crippen LogP contribution is 2.16. The molecule has 3 rings (SSSR count). The van der Waals surface area contributed by atoms with Gasteiger partial charge in [0.2, 0.25) is 0 Å². The maximum Gasteiger partial charge on any atom is 0.315 e. The van der Waals surface area contributed by atoms with Crippen LogP contribution in [0.2, 0.25) is 5.02 Å². The van der Waals surface area contributed by atoms with Crippen LogP contribution in [0.25, 0.3) is 0 Å². The van der Waals surface area contributed by atoms with Crippen molar-refractivity contribution in [2.24, 2.45) is 0 Å². The van der Waals surface area contributed by atoms with Crippen LogP contribution in [0.5, 0.6) is 5.75 Å². The van der Waals surface area contributed by atoms with Gasteiger partial charge >= 0.3 is 6.03 Å². The molecule has 0 unspecified atom stereocenters. The lowest BCUT2D eigenvalue weighted by atomic mass is 10.0. The smallest absolute Gasteiger partial charge is 0.315 e. The predicted octanol–water partition coefficient (Wildman–Crippen LogP) is 3.45. The number of likely N-dealkylation sites (tertiary alicyclic amines) is 1. The number of rotatable bonds is 5. The van der Waals surface area contributed by atoms with E-state index in [9.17, 15) is 9.59 Å². The number of nitrogens with one attached hydrogen (secondary N) is 2. The Hall–Kier alpha value is -2.73. The third-order valence-electron chi connectivity index (χ3n) is 4.82. The fraction of sp³-hybridized carbons (Fsp3) is 0.333. The van der Waals surface area contributed by atoms with Gasteiger partial charge in [0.05, 0.1) is 7.11 Å². The van der Waals surface area contributed by atoms with Crippen molar-refractivity contribution in [3.05, 3.63) is 64.7 Å². The summed E-state index contributed by atoms with van der Waals surface area (Å²) in [4.78, 5) is 26.5. The highest BCUT2D eigenvalue weighted by Gasteiger charge is 2.24. The Labute approximate surface area is 169 Å². The Morgan fingerprint density at radius 2 is 1.71 bits per heavy atom. The van der Waals surface area contributed by atoms with E-state index in [1.165, 1.54) is 0 Å². The Morgan fingerprint density at radius 1 is 1.07 bits per heavy atom. The first-order valence-corrected chi connectivity index (χ1v) is 9.65. The van der Waals surface area contributed by atoms with Crippen LogP contribution in [0, 0.1) is 0 Å². The van der Waals surface area contributed by atoms with Gasteiger partial charge in [-0.15, -0.1) is 0 Å². The zero-order chi connectivity index (χ0) is 19.9. The zero-order valence-electron chi connectivity index (χ0n) is 15.8. The lowest BCUT2D eigenvalue weighted by Gasteiger charge is -2.32. The standard InChI is InChI=1S/C21H24ClN3O3/c1-28-19-8-2-15(3-9-19)14-23-21(27)24-18-10-12-25(13-11-18)20(26)16-4-6-17(22)7-5-16/h2-9,18H,10-14H2,1H3,(H2,23,24,27). The van der Waals surface area contributed by atoms with Crippen LogP contribution >= 0.6 is 11.6 Å². The molecule has 3 amide bonds. The molecule has 1 heterocycles. The summed E-state index contributed by atoms with van der Waals surface area (Å²) in [7, 11) is 1.62. The van der Waals surface area contributed by atoms with Gasteiger partial charge in [-0.2, -0.15) is 0 Å². The highest BCUT2D eigenvalue weighted by atomic mass is 35.5. The van der Waals surface area contributed by atoms with Crippen LogP contribution in [0.1, 0.15) is 28.8 Å². The minimum absolute atomic E-state index is 0.000857. The minimum Gasteiger partial charge on any atom is -0.497 e. The Balaban J connectivity index is 1.41. The largest absolute Gasteiger partial charge is 0.497 e. The van der Waals surface area contributed by atoms with Gasteiger partial charge in [0.15, 0.2) is 0 Å². The van der Waals surface area contributed by atoms with Gasteiger partial charge < -0.3 is 20.3 Å². The summed E-state index contributed by atoms with van der Waals surface area (Å²) in [5.74, 6) is 0.784. The summed E-state index contributed by atoms with van der Waals surface area (Å²) in [6.07, 6.45) is 1.46. The molecule has 1 saturated heterocycles. The van der Waals surface area contributed by atoms with Gasteiger partial charge in [0, 0.05) is 36.3 Å². The number of halogens is 1. The van der Waals surface area contributed by atoms with Crippen LogP contribution in [-0.4, -0.2) is 43.1 Å². The number of hydrogen-bond donors (Lipinski definition) is 2. The number of hydrogen-bond acceptors (Lipinski definition) is 3. The Morgan fingerprint density at radius 3 is 2.32 bits per heavy atom. The number of amides is 3. The second-order valence-electron chi connectivity index (χ2n) is 6.75. The Bertz CT molecular complexity index is 801. The number of ether oxygens (including phenoxy) is 1. The van der Waals surface area contributed by atoms with E-state index in [1.807, 2.05) is 29.2 Å². The summed E-state index contributed by atoms with van der Waals surface area (Å²) in [5.41, 5.74) is 1.63. The van der Waals surface area contributed by atoms with E-state index in [2.05, 4.69) is 10.6 Å². The van der Waals surface area contributed by atoms with Gasteiger partial charge in [-0.25, -0.2) is 4.79 Å². The maximum absolute atomic E-state index is 12.5. The van der Waals surface area contributed by atoms with Crippen LogP contribution in [-0.2, 0) is 6.54 Å². The summed E-state index contributed by atoms with van der Waals surface area (Å²) in [5, 5.41) is 6.46. The Kier molecular flexibility index (Phi) is 6.76. The third-order valence-corrected chi connectivity index (χ3v) is 5.07. The molecule has 2 N–H and O–H groups in total. The van der Waals surface area contributed by atoms with Crippen molar-refractivity contribution in [2.75, 3.05) is 20.2 Å². The maximum atomic E-state index is 12.5. The second-order valence-corrected chi connectivity index (χ2v) is 7.18. The molecule has 2 aromatic carbocycles. The van der Waals surface area contributed by atoms with Crippen molar-refractivity contribution in [1.29, 1.82) is 0 Å². The fourth-order valence-corrected chi connectivity index (χ4v) is 3.29. The number of methoxy groups -OCH3 is 1. The molecule has 1 aliphatic rings. The first-order valence-electron chi connectivity index (χ1n) is 9.27. The molecular formula is C21H24ClN3O3. The van der Waals surface area contributed by atoms with Gasteiger partial charge in [-0.1, -0.05) is 23.7 Å². The van der Waals surface area contributed by atoms with Crippen molar-refractivity contribution >= 4 is 23.5 Å². The van der Waals surface area contributed by atoms with Crippen molar-refractivity contribution < 1.29 is 14.3 Å². The molecule has 0 atom stereocenters. The van der Waals surface area contributed by atoms with Gasteiger partial charge in [-0.3, -0.25) is 4.79 Å². The molecule has 6 nitrogen and oxygen atoms in total. The first-order chi connectivity index (χ1) is 13.5. The second kappa shape index (κ2) is 9.46. The molecule has 0 spiro atoms.